The fourth-order valence-corrected chi connectivity index (χ4v) is 0.325. The van der Waals surface area contributed by atoms with Crippen LogP contribution in [0.1, 0.15) is 6.92 Å². The quantitative estimate of drug-likeness (QED) is 0.292. The van der Waals surface area contributed by atoms with E-state index in [9.17, 15) is 9.36 Å². The Kier molecular flexibility index (Phi) is 3.64. The van der Waals surface area contributed by atoms with Crippen LogP contribution in [-0.4, -0.2) is 27.0 Å². The molecule has 0 aromatic heterocycles. The molecule has 0 rings (SSSR count). The number of carbonyl (C=O) groups excluding carboxylic acids is 1. The molecule has 66 valence electrons. The predicted molar refractivity (Wildman–Crippen MR) is 30.9 cm³/mol. The van der Waals surface area contributed by atoms with E-state index in [4.69, 9.17) is 14.9 Å². The summed E-state index contributed by atoms with van der Waals surface area (Å²) in [6.07, 6.45) is -1.48. The summed E-state index contributed by atoms with van der Waals surface area (Å²) in [5.74, 6) is -1.27. The van der Waals surface area contributed by atoms with Gasteiger partial charge < -0.3 is 14.9 Å². The second kappa shape index (κ2) is 3.80. The molecule has 0 amide bonds. The van der Waals surface area contributed by atoms with E-state index in [1.54, 1.807) is 0 Å². The molecule has 8 heteroatoms. The lowest BCUT2D eigenvalue weighted by atomic mass is 10.4. The minimum absolute atomic E-state index is 1.06. The molecular weight excluding hydrogens is 179 g/mol. The average molecular weight is 186 g/mol. The summed E-state index contributed by atoms with van der Waals surface area (Å²) in [6.45, 7) is 1.06. The third-order valence-corrected chi connectivity index (χ3v) is 0.826. The molecule has 0 fully saturated rings. The Balaban J connectivity index is 3.73. The van der Waals surface area contributed by atoms with Crippen molar-refractivity contribution in [3.63, 3.8) is 0 Å². The van der Waals surface area contributed by atoms with Gasteiger partial charge in [0.15, 0.2) is 6.10 Å². The number of hydrogen-bond donors (Lipinski definition) is 3. The maximum atomic E-state index is 10.2. The number of rotatable bonds is 3. The molecule has 0 aliphatic rings. The molecule has 3 N–H and O–H groups in total. The van der Waals surface area contributed by atoms with Gasteiger partial charge in [0, 0.05) is 0 Å². The van der Waals surface area contributed by atoms with Crippen LogP contribution in [0, 0.1) is 0 Å². The van der Waals surface area contributed by atoms with Crippen molar-refractivity contribution in [3.8, 4) is 0 Å². The molecule has 1 unspecified atom stereocenters. The van der Waals surface area contributed by atoms with Gasteiger partial charge in [-0.3, -0.25) is 4.89 Å². The first-order valence-corrected chi connectivity index (χ1v) is 3.99. The van der Waals surface area contributed by atoms with Crippen LogP contribution in [-0.2, 0) is 18.9 Å². The molecule has 1 atom stereocenters. The maximum absolute atomic E-state index is 10.2. The normalized spacial score (nSPS) is 14.2. The molecule has 0 saturated heterocycles. The summed E-state index contributed by atoms with van der Waals surface area (Å²) >= 11 is 0. The topological polar surface area (TPSA) is 113 Å². The zero-order valence-corrected chi connectivity index (χ0v) is 6.39. The third kappa shape index (κ3) is 5.96. The Morgan fingerprint density at radius 3 is 2.27 bits per heavy atom. The van der Waals surface area contributed by atoms with E-state index in [1.807, 2.05) is 0 Å². The molecule has 0 spiro atoms. The zero-order chi connectivity index (χ0) is 9.07. The minimum atomic E-state index is -4.81. The van der Waals surface area contributed by atoms with Crippen molar-refractivity contribution in [2.75, 3.05) is 0 Å². The first-order chi connectivity index (χ1) is 4.83. The molecule has 0 aromatic rings. The van der Waals surface area contributed by atoms with Crippen LogP contribution in [0.5, 0.6) is 0 Å². The summed E-state index contributed by atoms with van der Waals surface area (Å²) < 4.78 is 13.2. The van der Waals surface area contributed by atoms with Crippen molar-refractivity contribution in [2.24, 2.45) is 0 Å². The fourth-order valence-electron chi connectivity index (χ4n) is 0.155. The third-order valence-electron chi connectivity index (χ3n) is 0.558. The van der Waals surface area contributed by atoms with Crippen molar-refractivity contribution < 1.29 is 33.8 Å². The van der Waals surface area contributed by atoms with Crippen molar-refractivity contribution in [2.45, 2.75) is 13.0 Å². The minimum Gasteiger partial charge on any atom is -0.382 e. The van der Waals surface area contributed by atoms with Crippen LogP contribution in [0.2, 0.25) is 0 Å². The summed E-state index contributed by atoms with van der Waals surface area (Å²) in [5.41, 5.74) is 0. The molecular formula is C3H7O7P. The predicted octanol–water partition coefficient (Wildman–Crippen LogP) is -1.07. The van der Waals surface area contributed by atoms with Gasteiger partial charge in [-0.05, 0) is 6.92 Å². The van der Waals surface area contributed by atoms with Crippen molar-refractivity contribution >= 4 is 13.8 Å². The van der Waals surface area contributed by atoms with Gasteiger partial charge in [0.2, 0.25) is 0 Å². The van der Waals surface area contributed by atoms with Crippen LogP contribution in [0.3, 0.4) is 0 Å². The maximum Gasteiger partial charge on any atom is 0.505 e. The number of carbonyl (C=O) groups is 1. The Hall–Kier alpha value is -0.460. The molecule has 0 aliphatic carbocycles. The smallest absolute Gasteiger partial charge is 0.382 e. The summed E-state index contributed by atoms with van der Waals surface area (Å²) in [4.78, 5) is 29.7. The van der Waals surface area contributed by atoms with Crippen LogP contribution >= 0.6 is 7.82 Å². The van der Waals surface area contributed by atoms with E-state index in [-0.39, 0.29) is 0 Å². The summed E-state index contributed by atoms with van der Waals surface area (Å²) in [5, 5.41) is 8.41. The Bertz CT molecular complexity index is 180. The second-order valence-corrected chi connectivity index (χ2v) is 2.77. The molecule has 0 heterocycles. The summed E-state index contributed by atoms with van der Waals surface area (Å²) in [6, 6.07) is 0. The first-order valence-electron chi connectivity index (χ1n) is 2.46. The molecule has 0 radical (unpaired) electrons. The fraction of sp³-hybridized carbons (Fsp3) is 0.667. The van der Waals surface area contributed by atoms with Gasteiger partial charge in [-0.15, -0.1) is 0 Å². The lowest BCUT2D eigenvalue weighted by molar-refractivity contribution is -0.230. The number of aliphatic hydroxyl groups is 1. The molecule has 0 saturated carbocycles. The molecule has 0 aliphatic heterocycles. The standard InChI is InChI=1S/C3H7O7P/c1-2(4)3(5)9-10-11(6,7)8/h2,4H,1H3,(H2,6,7,8). The van der Waals surface area contributed by atoms with E-state index in [2.05, 4.69) is 9.56 Å². The number of aliphatic hydroxyl groups excluding tert-OH is 1. The van der Waals surface area contributed by atoms with Gasteiger partial charge in [-0.1, -0.05) is 4.67 Å². The second-order valence-electron chi connectivity index (χ2n) is 1.64. The van der Waals surface area contributed by atoms with Crippen molar-refractivity contribution in [1.82, 2.24) is 0 Å². The van der Waals surface area contributed by atoms with E-state index < -0.39 is 19.9 Å². The monoisotopic (exact) mass is 186 g/mol. The van der Waals surface area contributed by atoms with E-state index in [1.165, 1.54) is 0 Å². The Labute approximate surface area is 61.7 Å². The van der Waals surface area contributed by atoms with Crippen molar-refractivity contribution in [3.05, 3.63) is 0 Å². The molecule has 0 bridgehead atoms. The largest absolute Gasteiger partial charge is 0.505 e. The highest BCUT2D eigenvalue weighted by Crippen LogP contribution is 2.35. The van der Waals surface area contributed by atoms with Crippen LogP contribution in [0.25, 0.3) is 0 Å². The molecule has 7 nitrogen and oxygen atoms in total. The zero-order valence-electron chi connectivity index (χ0n) is 5.50. The van der Waals surface area contributed by atoms with Crippen LogP contribution < -0.4 is 0 Å². The van der Waals surface area contributed by atoms with Crippen LogP contribution in [0.15, 0.2) is 0 Å². The lowest BCUT2D eigenvalue weighted by Crippen LogP contribution is -2.18. The number of hydrogen-bond acceptors (Lipinski definition) is 5. The van der Waals surface area contributed by atoms with Gasteiger partial charge in [0.1, 0.15) is 0 Å². The van der Waals surface area contributed by atoms with Gasteiger partial charge in [-0.2, -0.15) is 0 Å². The highest BCUT2D eigenvalue weighted by atomic mass is 31.2. The van der Waals surface area contributed by atoms with Crippen LogP contribution in [0.4, 0.5) is 0 Å². The highest BCUT2D eigenvalue weighted by Gasteiger charge is 2.20. The number of phosphoric acid groups is 1. The molecule has 0 aromatic carbocycles. The SMILES string of the molecule is CC(O)C(=O)OOP(=O)(O)O. The van der Waals surface area contributed by atoms with E-state index in [0.717, 1.165) is 6.92 Å². The average Bonchev–Trinajstić information content (AvgIpc) is 1.80. The van der Waals surface area contributed by atoms with Gasteiger partial charge in [0.05, 0.1) is 0 Å². The van der Waals surface area contributed by atoms with Crippen molar-refractivity contribution in [1.29, 1.82) is 0 Å². The van der Waals surface area contributed by atoms with Gasteiger partial charge in [-0.25, -0.2) is 9.36 Å². The lowest BCUT2D eigenvalue weighted by Gasteiger charge is -2.04. The highest BCUT2D eigenvalue weighted by molar-refractivity contribution is 7.46. The first kappa shape index (κ1) is 10.5. The van der Waals surface area contributed by atoms with E-state index >= 15 is 0 Å². The summed E-state index contributed by atoms with van der Waals surface area (Å²) in [7, 11) is -4.81. The van der Waals surface area contributed by atoms with E-state index in [0.29, 0.717) is 0 Å². The Morgan fingerprint density at radius 1 is 1.55 bits per heavy atom. The van der Waals surface area contributed by atoms with Gasteiger partial charge >= 0.3 is 13.8 Å². The molecule has 11 heavy (non-hydrogen) atoms. The Morgan fingerprint density at radius 2 is 2.00 bits per heavy atom. The van der Waals surface area contributed by atoms with Gasteiger partial charge in [0.25, 0.3) is 0 Å².